The third-order valence-corrected chi connectivity index (χ3v) is 5.18. The Hall–Kier alpha value is -0.470. The molecule has 1 aliphatic carbocycles. The first-order valence-corrected chi connectivity index (χ1v) is 7.94. The quantitative estimate of drug-likeness (QED) is 0.725. The fourth-order valence-corrected chi connectivity index (χ4v) is 3.97. The molecule has 1 aromatic carbocycles. The lowest BCUT2D eigenvalue weighted by molar-refractivity contribution is 0.0993. The van der Waals surface area contributed by atoms with Crippen LogP contribution in [0.2, 0.25) is 5.02 Å². The molecule has 2 rings (SSSR count). The highest BCUT2D eigenvalue weighted by atomic mass is 35.5. The summed E-state index contributed by atoms with van der Waals surface area (Å²) in [6.45, 7) is 2.02. The number of thioether (sulfide) groups is 1. The lowest BCUT2D eigenvalue weighted by Gasteiger charge is -2.23. The summed E-state index contributed by atoms with van der Waals surface area (Å²) < 4.78 is 0. The van der Waals surface area contributed by atoms with Crippen LogP contribution in [0.25, 0.3) is 0 Å². The fraction of sp³-hybridized carbons (Fsp3) is 0.533. The Morgan fingerprint density at radius 2 is 1.83 bits per heavy atom. The molecule has 1 nitrogen and oxygen atoms in total. The predicted octanol–water partition coefficient (Wildman–Crippen LogP) is 4.98. The Balaban J connectivity index is 1.93. The summed E-state index contributed by atoms with van der Waals surface area (Å²) in [6, 6.07) is 7.21. The van der Waals surface area contributed by atoms with Crippen molar-refractivity contribution in [2.75, 3.05) is 0 Å². The summed E-state index contributed by atoms with van der Waals surface area (Å²) in [6.07, 6.45) is 6.53. The van der Waals surface area contributed by atoms with Gasteiger partial charge in [-0.2, -0.15) is 0 Å². The molecule has 0 aliphatic heterocycles. The van der Waals surface area contributed by atoms with Gasteiger partial charge in [0.25, 0.3) is 0 Å². The van der Waals surface area contributed by atoms with Crippen LogP contribution in [0.1, 0.15) is 49.4 Å². The lowest BCUT2D eigenvalue weighted by atomic mass is 10.0. The molecule has 1 unspecified atom stereocenters. The molecule has 1 saturated carbocycles. The van der Waals surface area contributed by atoms with Crippen LogP contribution in [-0.4, -0.2) is 16.3 Å². The Kier molecular flexibility index (Phi) is 5.13. The summed E-state index contributed by atoms with van der Waals surface area (Å²) in [7, 11) is 0. The highest BCUT2D eigenvalue weighted by molar-refractivity contribution is 8.01. The van der Waals surface area contributed by atoms with Crippen molar-refractivity contribution in [2.45, 2.75) is 49.5 Å². The van der Waals surface area contributed by atoms with Crippen molar-refractivity contribution in [1.29, 1.82) is 0 Å². The monoisotopic (exact) mass is 282 g/mol. The molecule has 0 radical (unpaired) electrons. The predicted molar refractivity (Wildman–Crippen MR) is 79.7 cm³/mol. The summed E-state index contributed by atoms with van der Waals surface area (Å²) in [4.78, 5) is 12.3. The zero-order valence-electron chi connectivity index (χ0n) is 10.7. The molecule has 0 aromatic heterocycles. The van der Waals surface area contributed by atoms with Gasteiger partial charge in [0.2, 0.25) is 0 Å². The average Bonchev–Trinajstić information content (AvgIpc) is 2.40. The van der Waals surface area contributed by atoms with E-state index in [1.807, 2.05) is 30.8 Å². The Morgan fingerprint density at radius 3 is 2.44 bits per heavy atom. The topological polar surface area (TPSA) is 17.1 Å². The van der Waals surface area contributed by atoms with Crippen molar-refractivity contribution >= 4 is 29.1 Å². The molecule has 1 aliphatic rings. The molecule has 0 spiro atoms. The summed E-state index contributed by atoms with van der Waals surface area (Å²) in [5, 5.41) is 1.40. The van der Waals surface area contributed by atoms with E-state index in [1.54, 1.807) is 12.1 Å². The molecule has 98 valence electrons. The minimum absolute atomic E-state index is 0.0503. The molecule has 0 amide bonds. The van der Waals surface area contributed by atoms with Crippen molar-refractivity contribution in [3.05, 3.63) is 34.9 Å². The van der Waals surface area contributed by atoms with Gasteiger partial charge in [-0.1, -0.05) is 30.9 Å². The maximum absolute atomic E-state index is 12.3. The highest BCUT2D eigenvalue weighted by Crippen LogP contribution is 2.32. The van der Waals surface area contributed by atoms with Gasteiger partial charge in [0.1, 0.15) is 0 Å². The van der Waals surface area contributed by atoms with E-state index in [0.717, 1.165) is 5.56 Å². The fourth-order valence-electron chi connectivity index (χ4n) is 2.40. The van der Waals surface area contributed by atoms with Crippen molar-refractivity contribution in [1.82, 2.24) is 0 Å². The molecule has 0 saturated heterocycles. The second kappa shape index (κ2) is 6.63. The van der Waals surface area contributed by atoms with Gasteiger partial charge < -0.3 is 0 Å². The number of carbonyl (C=O) groups is 1. The van der Waals surface area contributed by atoms with E-state index in [9.17, 15) is 4.79 Å². The zero-order valence-corrected chi connectivity index (χ0v) is 12.3. The molecule has 0 bridgehead atoms. The number of hydrogen-bond acceptors (Lipinski definition) is 2. The molecule has 1 fully saturated rings. The number of ketones is 1. The van der Waals surface area contributed by atoms with Gasteiger partial charge in [0.05, 0.1) is 5.25 Å². The maximum Gasteiger partial charge on any atom is 0.175 e. The van der Waals surface area contributed by atoms with Crippen molar-refractivity contribution in [2.24, 2.45) is 0 Å². The third-order valence-electron chi connectivity index (χ3n) is 3.45. The molecule has 0 heterocycles. The summed E-state index contributed by atoms with van der Waals surface area (Å²) in [5.74, 6) is 0.224. The van der Waals surface area contributed by atoms with Crippen molar-refractivity contribution < 1.29 is 4.79 Å². The van der Waals surface area contributed by atoms with Crippen LogP contribution in [0.3, 0.4) is 0 Å². The van der Waals surface area contributed by atoms with Crippen LogP contribution in [0, 0.1) is 0 Å². The minimum Gasteiger partial charge on any atom is -0.293 e. The first kappa shape index (κ1) is 14.0. The van der Waals surface area contributed by atoms with Crippen LogP contribution in [0.5, 0.6) is 0 Å². The van der Waals surface area contributed by atoms with E-state index in [0.29, 0.717) is 10.3 Å². The zero-order chi connectivity index (χ0) is 13.0. The third kappa shape index (κ3) is 3.76. The van der Waals surface area contributed by atoms with E-state index in [4.69, 9.17) is 11.6 Å². The summed E-state index contributed by atoms with van der Waals surface area (Å²) >= 11 is 7.68. The van der Waals surface area contributed by atoms with Gasteiger partial charge in [0.15, 0.2) is 5.78 Å². The number of hydrogen-bond donors (Lipinski definition) is 0. The largest absolute Gasteiger partial charge is 0.293 e. The SMILES string of the molecule is CC(SC1CCCCC1)C(=O)c1ccc(Cl)cc1. The van der Waals surface area contributed by atoms with Gasteiger partial charge in [-0.25, -0.2) is 0 Å². The van der Waals surface area contributed by atoms with Gasteiger partial charge in [0, 0.05) is 15.8 Å². The van der Waals surface area contributed by atoms with E-state index >= 15 is 0 Å². The molecular weight excluding hydrogens is 264 g/mol. The minimum atomic E-state index is 0.0503. The molecule has 18 heavy (non-hydrogen) atoms. The normalized spacial score (nSPS) is 18.6. The van der Waals surface area contributed by atoms with Crippen LogP contribution in [0.4, 0.5) is 0 Å². The van der Waals surface area contributed by atoms with E-state index in [1.165, 1.54) is 32.1 Å². The van der Waals surface area contributed by atoms with Gasteiger partial charge >= 0.3 is 0 Å². The van der Waals surface area contributed by atoms with E-state index < -0.39 is 0 Å². The second-order valence-corrected chi connectivity index (χ2v) is 6.99. The van der Waals surface area contributed by atoms with Crippen LogP contribution in [0.15, 0.2) is 24.3 Å². The summed E-state index contributed by atoms with van der Waals surface area (Å²) in [5.41, 5.74) is 0.773. The standard InChI is InChI=1S/C15H19ClOS/c1-11(18-14-5-3-2-4-6-14)15(17)12-7-9-13(16)10-8-12/h7-11,14H,2-6H2,1H3. The molecule has 3 heteroatoms. The Labute approximate surface area is 118 Å². The maximum atomic E-state index is 12.3. The second-order valence-electron chi connectivity index (χ2n) is 4.91. The van der Waals surface area contributed by atoms with Crippen molar-refractivity contribution in [3.63, 3.8) is 0 Å². The van der Waals surface area contributed by atoms with Crippen LogP contribution >= 0.6 is 23.4 Å². The number of Topliss-reactive ketones (excluding diaryl/α,β-unsaturated/α-hetero) is 1. The van der Waals surface area contributed by atoms with Crippen LogP contribution < -0.4 is 0 Å². The number of rotatable bonds is 4. The number of benzene rings is 1. The average molecular weight is 283 g/mol. The molecule has 0 N–H and O–H groups in total. The Bertz CT molecular complexity index is 395. The molecular formula is C15H19ClOS. The van der Waals surface area contributed by atoms with E-state index in [-0.39, 0.29) is 11.0 Å². The van der Waals surface area contributed by atoms with E-state index in [2.05, 4.69) is 0 Å². The van der Waals surface area contributed by atoms with Crippen molar-refractivity contribution in [3.8, 4) is 0 Å². The first-order chi connectivity index (χ1) is 8.66. The van der Waals surface area contributed by atoms with Gasteiger partial charge in [-0.15, -0.1) is 11.8 Å². The lowest BCUT2D eigenvalue weighted by Crippen LogP contribution is -2.19. The Morgan fingerprint density at radius 1 is 1.22 bits per heavy atom. The number of halogens is 1. The smallest absolute Gasteiger partial charge is 0.175 e. The van der Waals surface area contributed by atoms with Gasteiger partial charge in [-0.05, 0) is 44.0 Å². The van der Waals surface area contributed by atoms with Gasteiger partial charge in [-0.3, -0.25) is 4.79 Å². The molecule has 1 aromatic rings. The molecule has 1 atom stereocenters. The first-order valence-electron chi connectivity index (χ1n) is 6.62. The highest BCUT2D eigenvalue weighted by Gasteiger charge is 2.22. The van der Waals surface area contributed by atoms with Crippen LogP contribution in [-0.2, 0) is 0 Å². The number of carbonyl (C=O) groups excluding carboxylic acids is 1.